The van der Waals surface area contributed by atoms with Gasteiger partial charge in [-0.1, -0.05) is 48.5 Å². The molecule has 0 radical (unpaired) electrons. The molecular formula is C30H30N2O2. The Morgan fingerprint density at radius 3 is 1.24 bits per heavy atom. The van der Waals surface area contributed by atoms with Crippen LogP contribution in [0.4, 0.5) is 11.4 Å². The van der Waals surface area contributed by atoms with Crippen LogP contribution in [0.3, 0.4) is 0 Å². The molecule has 34 heavy (non-hydrogen) atoms. The molecule has 2 N–H and O–H groups in total. The summed E-state index contributed by atoms with van der Waals surface area (Å²) in [6.45, 7) is 3.95. The zero-order chi connectivity index (χ0) is 23.9. The zero-order valence-corrected chi connectivity index (χ0v) is 19.7. The number of rotatable bonds is 8. The number of phenols is 2. The van der Waals surface area contributed by atoms with Crippen molar-refractivity contribution in [1.82, 2.24) is 0 Å². The van der Waals surface area contributed by atoms with E-state index in [4.69, 9.17) is 0 Å². The maximum absolute atomic E-state index is 10.1. The average molecular weight is 451 g/mol. The highest BCUT2D eigenvalue weighted by molar-refractivity contribution is 5.43. The van der Waals surface area contributed by atoms with Crippen molar-refractivity contribution in [2.24, 2.45) is 10.2 Å². The molecule has 0 spiro atoms. The van der Waals surface area contributed by atoms with Crippen LogP contribution in [0.25, 0.3) is 0 Å². The van der Waals surface area contributed by atoms with Crippen molar-refractivity contribution >= 4 is 11.4 Å². The van der Waals surface area contributed by atoms with Gasteiger partial charge in [-0.05, 0) is 109 Å². The summed E-state index contributed by atoms with van der Waals surface area (Å²) in [5, 5.41) is 28.9. The number of benzene rings is 4. The molecule has 4 nitrogen and oxygen atoms in total. The van der Waals surface area contributed by atoms with E-state index >= 15 is 0 Å². The molecule has 4 heteroatoms. The SMILES string of the molecule is Cc1ccc(CCc2ccc(/N=N\c3ccc(CCc4ccc(C)cc4O)cc3)cc2)c(O)c1. The number of azo groups is 1. The highest BCUT2D eigenvalue weighted by atomic mass is 16.3. The van der Waals surface area contributed by atoms with E-state index in [1.54, 1.807) is 12.1 Å². The van der Waals surface area contributed by atoms with E-state index < -0.39 is 0 Å². The molecule has 0 fully saturated rings. The van der Waals surface area contributed by atoms with Gasteiger partial charge in [-0.25, -0.2) is 0 Å². The van der Waals surface area contributed by atoms with E-state index in [0.717, 1.165) is 59.3 Å². The first-order valence-corrected chi connectivity index (χ1v) is 11.6. The molecule has 4 aromatic carbocycles. The molecule has 172 valence electrons. The van der Waals surface area contributed by atoms with E-state index in [2.05, 4.69) is 34.5 Å². The third kappa shape index (κ3) is 6.32. The number of hydrogen-bond donors (Lipinski definition) is 2. The van der Waals surface area contributed by atoms with Crippen molar-refractivity contribution in [3.8, 4) is 11.5 Å². The molecule has 0 amide bonds. The molecule has 4 aromatic rings. The fourth-order valence-corrected chi connectivity index (χ4v) is 3.90. The largest absolute Gasteiger partial charge is 0.508 e. The molecule has 0 unspecified atom stereocenters. The van der Waals surface area contributed by atoms with Crippen molar-refractivity contribution in [2.45, 2.75) is 39.5 Å². The molecule has 0 aliphatic heterocycles. The fraction of sp³-hybridized carbons (Fsp3) is 0.200. The van der Waals surface area contributed by atoms with Gasteiger partial charge in [0.25, 0.3) is 0 Å². The third-order valence-corrected chi connectivity index (χ3v) is 6.00. The van der Waals surface area contributed by atoms with Gasteiger partial charge in [-0.2, -0.15) is 10.2 Å². The van der Waals surface area contributed by atoms with Crippen LogP contribution in [-0.2, 0) is 25.7 Å². The van der Waals surface area contributed by atoms with E-state index in [1.165, 1.54) is 11.1 Å². The van der Waals surface area contributed by atoms with Crippen LogP contribution < -0.4 is 0 Å². The number of aryl methyl sites for hydroxylation is 6. The summed E-state index contributed by atoms with van der Waals surface area (Å²) in [5.41, 5.74) is 8.07. The Bertz CT molecular complexity index is 1180. The van der Waals surface area contributed by atoms with Gasteiger partial charge >= 0.3 is 0 Å². The van der Waals surface area contributed by atoms with E-state index in [0.29, 0.717) is 11.5 Å². The Balaban J connectivity index is 1.29. The van der Waals surface area contributed by atoms with Crippen molar-refractivity contribution < 1.29 is 10.2 Å². The minimum absolute atomic E-state index is 0.365. The standard InChI is InChI=1S/C30H30N2O2/c1-21-3-11-25(29(33)19-21)13-5-23-7-15-27(16-8-23)31-32-28-17-9-24(10-18-28)6-14-26-12-4-22(2)20-30(26)34/h3-4,7-12,15-20,33-34H,5-6,13-14H2,1-2H3/b32-31-. The van der Waals surface area contributed by atoms with Gasteiger partial charge < -0.3 is 10.2 Å². The first-order valence-electron chi connectivity index (χ1n) is 11.6. The van der Waals surface area contributed by atoms with Crippen molar-refractivity contribution in [3.63, 3.8) is 0 Å². The predicted molar refractivity (Wildman–Crippen MR) is 138 cm³/mol. The number of hydrogen-bond acceptors (Lipinski definition) is 4. The maximum atomic E-state index is 10.1. The maximum Gasteiger partial charge on any atom is 0.119 e. The highest BCUT2D eigenvalue weighted by Gasteiger charge is 2.04. The Morgan fingerprint density at radius 2 is 0.882 bits per heavy atom. The molecule has 0 atom stereocenters. The Kier molecular flexibility index (Phi) is 7.38. The summed E-state index contributed by atoms with van der Waals surface area (Å²) in [7, 11) is 0. The van der Waals surface area contributed by atoms with Crippen LogP contribution >= 0.6 is 0 Å². The minimum Gasteiger partial charge on any atom is -0.508 e. The summed E-state index contributed by atoms with van der Waals surface area (Å²) in [6.07, 6.45) is 3.30. The summed E-state index contributed by atoms with van der Waals surface area (Å²) in [6, 6.07) is 27.8. The average Bonchev–Trinajstić information content (AvgIpc) is 2.83. The van der Waals surface area contributed by atoms with E-state index in [9.17, 15) is 10.2 Å². The number of nitrogens with zero attached hydrogens (tertiary/aromatic N) is 2. The molecule has 0 heterocycles. The van der Waals surface area contributed by atoms with Gasteiger partial charge in [0.1, 0.15) is 11.5 Å². The second kappa shape index (κ2) is 10.8. The van der Waals surface area contributed by atoms with Crippen LogP contribution in [0.1, 0.15) is 33.4 Å². The summed E-state index contributed by atoms with van der Waals surface area (Å²) < 4.78 is 0. The van der Waals surface area contributed by atoms with Crippen molar-refractivity contribution in [1.29, 1.82) is 0 Å². The fourth-order valence-electron chi connectivity index (χ4n) is 3.90. The molecule has 0 aromatic heterocycles. The van der Waals surface area contributed by atoms with Gasteiger partial charge in [-0.15, -0.1) is 0 Å². The van der Waals surface area contributed by atoms with Crippen LogP contribution in [0.15, 0.2) is 95.2 Å². The lowest BCUT2D eigenvalue weighted by atomic mass is 10.0. The quantitative estimate of drug-likeness (QED) is 0.270. The van der Waals surface area contributed by atoms with Crippen LogP contribution in [-0.4, -0.2) is 10.2 Å². The van der Waals surface area contributed by atoms with Crippen molar-refractivity contribution in [2.75, 3.05) is 0 Å². The second-order valence-corrected chi connectivity index (χ2v) is 8.80. The van der Waals surface area contributed by atoms with Crippen LogP contribution in [0.5, 0.6) is 11.5 Å². The van der Waals surface area contributed by atoms with Crippen LogP contribution in [0, 0.1) is 13.8 Å². The van der Waals surface area contributed by atoms with Crippen LogP contribution in [0.2, 0.25) is 0 Å². The molecule has 4 rings (SSSR count). The highest BCUT2D eigenvalue weighted by Crippen LogP contribution is 2.24. The monoisotopic (exact) mass is 450 g/mol. The zero-order valence-electron chi connectivity index (χ0n) is 19.7. The Hall–Kier alpha value is -3.92. The van der Waals surface area contributed by atoms with Gasteiger partial charge in [0.15, 0.2) is 0 Å². The van der Waals surface area contributed by atoms with Crippen molar-refractivity contribution in [3.05, 3.63) is 118 Å². The predicted octanol–water partition coefficient (Wildman–Crippen LogP) is 7.70. The number of aromatic hydroxyl groups is 2. The first-order chi connectivity index (χ1) is 16.5. The number of phenolic OH excluding ortho intramolecular Hbond substituents is 2. The Labute approximate surface area is 201 Å². The lowest BCUT2D eigenvalue weighted by Crippen LogP contribution is -1.92. The minimum atomic E-state index is 0.365. The molecule has 0 saturated heterocycles. The van der Waals surface area contributed by atoms with Gasteiger partial charge in [-0.3, -0.25) is 0 Å². The molecule has 0 aliphatic rings. The van der Waals surface area contributed by atoms with Gasteiger partial charge in [0.05, 0.1) is 11.4 Å². The van der Waals surface area contributed by atoms with Gasteiger partial charge in [0, 0.05) is 0 Å². The smallest absolute Gasteiger partial charge is 0.119 e. The lowest BCUT2D eigenvalue weighted by Gasteiger charge is -2.06. The molecular weight excluding hydrogens is 420 g/mol. The summed E-state index contributed by atoms with van der Waals surface area (Å²) in [5.74, 6) is 0.731. The van der Waals surface area contributed by atoms with E-state index in [1.807, 2.05) is 62.4 Å². The topological polar surface area (TPSA) is 65.2 Å². The van der Waals surface area contributed by atoms with E-state index in [-0.39, 0.29) is 0 Å². The lowest BCUT2D eigenvalue weighted by molar-refractivity contribution is 0.467. The first kappa shape index (κ1) is 23.2. The normalized spacial score (nSPS) is 11.2. The summed E-state index contributed by atoms with van der Waals surface area (Å²) in [4.78, 5) is 0. The second-order valence-electron chi connectivity index (χ2n) is 8.80. The molecule has 0 aliphatic carbocycles. The third-order valence-electron chi connectivity index (χ3n) is 6.00. The molecule has 0 bridgehead atoms. The molecule has 0 saturated carbocycles. The Morgan fingerprint density at radius 1 is 0.500 bits per heavy atom. The summed E-state index contributed by atoms with van der Waals surface area (Å²) >= 11 is 0. The van der Waals surface area contributed by atoms with Gasteiger partial charge in [0.2, 0.25) is 0 Å².